The van der Waals surface area contributed by atoms with E-state index in [0.29, 0.717) is 13.2 Å². The number of amides is 1. The zero-order valence-corrected chi connectivity index (χ0v) is 9.69. The number of carbonyl (C=O) groups is 1. The molecule has 0 aromatic carbocycles. The maximum Gasteiger partial charge on any atom is 0.232 e. The summed E-state index contributed by atoms with van der Waals surface area (Å²) in [6.45, 7) is 3.46. The molecule has 0 bridgehead atoms. The highest BCUT2D eigenvalue weighted by Gasteiger charge is 2.48. The van der Waals surface area contributed by atoms with E-state index in [4.69, 9.17) is 10.5 Å². The molecule has 0 spiro atoms. The van der Waals surface area contributed by atoms with E-state index in [-0.39, 0.29) is 24.6 Å². The topological polar surface area (TPSA) is 75.8 Å². The van der Waals surface area contributed by atoms with Crippen molar-refractivity contribution in [1.29, 1.82) is 0 Å². The third kappa shape index (κ3) is 1.73. The summed E-state index contributed by atoms with van der Waals surface area (Å²) in [5, 5.41) is 9.22. The summed E-state index contributed by atoms with van der Waals surface area (Å²) in [6.07, 6.45) is 1.84. The molecule has 5 nitrogen and oxygen atoms in total. The van der Waals surface area contributed by atoms with E-state index >= 15 is 0 Å². The Bertz CT molecular complexity index is 284. The van der Waals surface area contributed by atoms with Gasteiger partial charge >= 0.3 is 0 Å². The van der Waals surface area contributed by atoms with Gasteiger partial charge in [0.1, 0.15) is 0 Å². The molecule has 3 unspecified atom stereocenters. The lowest BCUT2D eigenvalue weighted by Crippen LogP contribution is -2.53. The minimum Gasteiger partial charge on any atom is -0.394 e. The van der Waals surface area contributed by atoms with Gasteiger partial charge in [0.25, 0.3) is 0 Å². The number of rotatable bonds is 2. The third-order valence-corrected chi connectivity index (χ3v) is 3.86. The number of likely N-dealkylation sites (tertiary alicyclic amines) is 1. The van der Waals surface area contributed by atoms with Crippen molar-refractivity contribution < 1.29 is 14.6 Å². The Morgan fingerprint density at radius 3 is 3.00 bits per heavy atom. The van der Waals surface area contributed by atoms with Gasteiger partial charge in [-0.05, 0) is 19.8 Å². The third-order valence-electron chi connectivity index (χ3n) is 3.86. The number of ether oxygens (including phenoxy) is 1. The van der Waals surface area contributed by atoms with Crippen LogP contribution in [-0.2, 0) is 9.53 Å². The predicted octanol–water partition coefficient (Wildman–Crippen LogP) is -0.666. The first-order valence-corrected chi connectivity index (χ1v) is 5.85. The Morgan fingerprint density at radius 1 is 1.69 bits per heavy atom. The molecule has 92 valence electrons. The molecule has 2 rings (SSSR count). The first kappa shape index (κ1) is 11.8. The van der Waals surface area contributed by atoms with E-state index < -0.39 is 5.41 Å². The number of hydrogen-bond donors (Lipinski definition) is 2. The van der Waals surface area contributed by atoms with Crippen LogP contribution in [0.4, 0.5) is 0 Å². The van der Waals surface area contributed by atoms with Crippen molar-refractivity contribution in [3.63, 3.8) is 0 Å². The Hall–Kier alpha value is -0.650. The number of carbonyl (C=O) groups excluding carboxylic acids is 1. The van der Waals surface area contributed by atoms with Gasteiger partial charge in [-0.2, -0.15) is 0 Å². The lowest BCUT2D eigenvalue weighted by Gasteiger charge is -2.33. The summed E-state index contributed by atoms with van der Waals surface area (Å²) in [4.78, 5) is 14.2. The average molecular weight is 228 g/mol. The smallest absolute Gasteiger partial charge is 0.232 e. The van der Waals surface area contributed by atoms with Crippen LogP contribution in [0.5, 0.6) is 0 Å². The van der Waals surface area contributed by atoms with Crippen molar-refractivity contribution in [3.8, 4) is 0 Å². The van der Waals surface area contributed by atoms with Gasteiger partial charge in [0, 0.05) is 12.6 Å². The maximum atomic E-state index is 12.4. The zero-order valence-electron chi connectivity index (χ0n) is 9.69. The minimum atomic E-state index is -0.613. The highest BCUT2D eigenvalue weighted by Crippen LogP contribution is 2.32. The van der Waals surface area contributed by atoms with Gasteiger partial charge in [-0.3, -0.25) is 4.79 Å². The monoisotopic (exact) mass is 228 g/mol. The first-order valence-electron chi connectivity index (χ1n) is 5.85. The second-order valence-corrected chi connectivity index (χ2v) is 5.02. The molecule has 0 aliphatic carbocycles. The Balaban J connectivity index is 2.12. The molecular formula is C11H20N2O3. The van der Waals surface area contributed by atoms with Crippen LogP contribution in [0.3, 0.4) is 0 Å². The van der Waals surface area contributed by atoms with Crippen molar-refractivity contribution in [2.24, 2.45) is 11.1 Å². The van der Waals surface area contributed by atoms with Crippen LogP contribution in [0.25, 0.3) is 0 Å². The van der Waals surface area contributed by atoms with Crippen molar-refractivity contribution in [3.05, 3.63) is 0 Å². The quantitative estimate of drug-likeness (QED) is 0.657. The number of hydrogen-bond acceptors (Lipinski definition) is 4. The van der Waals surface area contributed by atoms with Crippen LogP contribution in [0.1, 0.15) is 19.8 Å². The number of aliphatic hydroxyl groups excluding tert-OH is 1. The SMILES string of the molecule is CC1(C(=O)N2CCCC2CO)COCC1N. The predicted molar refractivity (Wildman–Crippen MR) is 58.7 cm³/mol. The fraction of sp³-hybridized carbons (Fsp3) is 0.909. The summed E-state index contributed by atoms with van der Waals surface area (Å²) >= 11 is 0. The van der Waals surface area contributed by atoms with Crippen molar-refractivity contribution in [2.75, 3.05) is 26.4 Å². The number of nitrogens with two attached hydrogens (primary N) is 1. The van der Waals surface area contributed by atoms with Crippen LogP contribution in [0, 0.1) is 5.41 Å². The van der Waals surface area contributed by atoms with E-state index in [1.165, 1.54) is 0 Å². The van der Waals surface area contributed by atoms with E-state index in [2.05, 4.69) is 0 Å². The Morgan fingerprint density at radius 2 is 2.44 bits per heavy atom. The molecule has 2 saturated heterocycles. The second kappa shape index (κ2) is 4.31. The number of aliphatic hydroxyl groups is 1. The summed E-state index contributed by atoms with van der Waals surface area (Å²) in [5.41, 5.74) is 5.32. The van der Waals surface area contributed by atoms with Gasteiger partial charge in [-0.25, -0.2) is 0 Å². The number of nitrogens with zero attached hydrogens (tertiary/aromatic N) is 1. The molecular weight excluding hydrogens is 208 g/mol. The lowest BCUT2D eigenvalue weighted by molar-refractivity contribution is -0.143. The lowest BCUT2D eigenvalue weighted by atomic mass is 9.84. The van der Waals surface area contributed by atoms with Gasteiger partial charge in [0.15, 0.2) is 0 Å². The largest absolute Gasteiger partial charge is 0.394 e. The van der Waals surface area contributed by atoms with Crippen LogP contribution < -0.4 is 5.73 Å². The molecule has 2 aliphatic rings. The molecule has 0 aromatic heterocycles. The standard InChI is InChI=1S/C11H20N2O3/c1-11(7-16-6-9(11)12)10(15)13-4-2-3-8(13)5-14/h8-9,14H,2-7,12H2,1H3. The first-order chi connectivity index (χ1) is 7.59. The van der Waals surface area contributed by atoms with Crippen LogP contribution >= 0.6 is 0 Å². The van der Waals surface area contributed by atoms with E-state index in [1.807, 2.05) is 6.92 Å². The van der Waals surface area contributed by atoms with Gasteiger partial charge in [0.05, 0.1) is 31.3 Å². The zero-order chi connectivity index (χ0) is 11.8. The summed E-state index contributed by atoms with van der Waals surface area (Å²) in [5.74, 6) is 0.0362. The molecule has 2 fully saturated rings. The highest BCUT2D eigenvalue weighted by atomic mass is 16.5. The fourth-order valence-corrected chi connectivity index (χ4v) is 2.53. The Kier molecular flexibility index (Phi) is 3.19. The molecule has 1 amide bonds. The van der Waals surface area contributed by atoms with Crippen LogP contribution in [0.2, 0.25) is 0 Å². The molecule has 16 heavy (non-hydrogen) atoms. The van der Waals surface area contributed by atoms with Crippen molar-refractivity contribution in [2.45, 2.75) is 31.8 Å². The molecule has 5 heteroatoms. The Labute approximate surface area is 95.5 Å². The van der Waals surface area contributed by atoms with Crippen LogP contribution in [-0.4, -0.2) is 54.4 Å². The summed E-state index contributed by atoms with van der Waals surface area (Å²) < 4.78 is 5.29. The molecule has 0 aromatic rings. The fourth-order valence-electron chi connectivity index (χ4n) is 2.53. The minimum absolute atomic E-state index is 0.0304. The maximum absolute atomic E-state index is 12.4. The highest BCUT2D eigenvalue weighted by molar-refractivity contribution is 5.84. The van der Waals surface area contributed by atoms with Gasteiger partial charge in [0.2, 0.25) is 5.91 Å². The van der Waals surface area contributed by atoms with Crippen molar-refractivity contribution >= 4 is 5.91 Å². The van der Waals surface area contributed by atoms with E-state index in [9.17, 15) is 9.90 Å². The average Bonchev–Trinajstić information content (AvgIpc) is 2.86. The van der Waals surface area contributed by atoms with E-state index in [1.54, 1.807) is 4.90 Å². The summed E-state index contributed by atoms with van der Waals surface area (Å²) in [6, 6.07) is -0.267. The molecule has 3 atom stereocenters. The molecule has 0 saturated carbocycles. The van der Waals surface area contributed by atoms with Crippen molar-refractivity contribution in [1.82, 2.24) is 4.90 Å². The summed E-state index contributed by atoms with van der Waals surface area (Å²) in [7, 11) is 0. The molecule has 0 radical (unpaired) electrons. The van der Waals surface area contributed by atoms with Gasteiger partial charge in [-0.15, -0.1) is 0 Å². The second-order valence-electron chi connectivity index (χ2n) is 5.02. The van der Waals surface area contributed by atoms with Gasteiger partial charge in [-0.1, -0.05) is 0 Å². The van der Waals surface area contributed by atoms with Crippen LogP contribution in [0.15, 0.2) is 0 Å². The normalized spacial score (nSPS) is 39.3. The molecule has 3 N–H and O–H groups in total. The van der Waals surface area contributed by atoms with E-state index in [0.717, 1.165) is 19.4 Å². The molecule has 2 heterocycles. The molecule has 2 aliphatic heterocycles. The van der Waals surface area contributed by atoms with Gasteiger partial charge < -0.3 is 20.5 Å².